The first kappa shape index (κ1) is 16.3. The second kappa shape index (κ2) is 7.31. The van der Waals surface area contributed by atoms with Crippen LogP contribution in [0.4, 0.5) is 5.13 Å². The number of carbonyl (C=O) groups excluding carboxylic acids is 1. The van der Waals surface area contributed by atoms with Gasteiger partial charge in [-0.15, -0.1) is 0 Å². The smallest absolute Gasteiger partial charge is 0.230 e. The third-order valence-corrected chi connectivity index (χ3v) is 4.39. The van der Waals surface area contributed by atoms with Gasteiger partial charge in [-0.05, 0) is 36.8 Å². The first-order valence-corrected chi connectivity index (χ1v) is 8.46. The Morgan fingerprint density at radius 1 is 1.21 bits per heavy atom. The van der Waals surface area contributed by atoms with Crippen LogP contribution < -0.4 is 14.8 Å². The third-order valence-electron chi connectivity index (χ3n) is 3.45. The maximum Gasteiger partial charge on any atom is 0.230 e. The molecule has 1 amide bonds. The topological polar surface area (TPSA) is 60.5 Å². The summed E-state index contributed by atoms with van der Waals surface area (Å²) in [6, 6.07) is 13.2. The van der Waals surface area contributed by atoms with E-state index in [4.69, 9.17) is 9.47 Å². The molecule has 0 unspecified atom stereocenters. The van der Waals surface area contributed by atoms with Crippen molar-refractivity contribution in [1.82, 2.24) is 4.98 Å². The molecule has 0 aliphatic carbocycles. The Kier molecular flexibility index (Phi) is 4.96. The number of rotatable bonds is 6. The second-order valence-corrected chi connectivity index (χ2v) is 6.16. The highest BCUT2D eigenvalue weighted by molar-refractivity contribution is 7.22. The van der Waals surface area contributed by atoms with Gasteiger partial charge in [0.25, 0.3) is 0 Å². The quantitative estimate of drug-likeness (QED) is 0.738. The Hall–Kier alpha value is -2.60. The van der Waals surface area contributed by atoms with E-state index in [0.29, 0.717) is 11.7 Å². The molecule has 3 aromatic rings. The van der Waals surface area contributed by atoms with Gasteiger partial charge in [-0.3, -0.25) is 4.79 Å². The molecule has 0 fully saturated rings. The van der Waals surface area contributed by atoms with Crippen LogP contribution in [-0.2, 0) is 11.2 Å². The molecular formula is C18H18N2O3S. The molecule has 0 saturated heterocycles. The Morgan fingerprint density at radius 2 is 2.00 bits per heavy atom. The zero-order valence-electron chi connectivity index (χ0n) is 13.5. The lowest BCUT2D eigenvalue weighted by atomic mass is 10.1. The zero-order chi connectivity index (χ0) is 16.9. The molecule has 0 spiro atoms. The minimum absolute atomic E-state index is 0.0998. The number of nitrogens with zero attached hydrogens (tertiary/aromatic N) is 1. The number of carbonyl (C=O) groups is 1. The van der Waals surface area contributed by atoms with Crippen molar-refractivity contribution in [3.05, 3.63) is 48.0 Å². The van der Waals surface area contributed by atoms with Gasteiger partial charge < -0.3 is 14.8 Å². The van der Waals surface area contributed by atoms with Crippen LogP contribution in [0.1, 0.15) is 12.5 Å². The van der Waals surface area contributed by atoms with Gasteiger partial charge in [0.05, 0.1) is 24.8 Å². The number of thiazole rings is 1. The zero-order valence-corrected chi connectivity index (χ0v) is 14.4. The van der Waals surface area contributed by atoms with Gasteiger partial charge in [0.2, 0.25) is 5.91 Å². The Morgan fingerprint density at radius 3 is 2.71 bits per heavy atom. The van der Waals surface area contributed by atoms with E-state index < -0.39 is 0 Å². The molecule has 0 radical (unpaired) electrons. The number of ether oxygens (including phenoxy) is 2. The Labute approximate surface area is 144 Å². The van der Waals surface area contributed by atoms with Crippen molar-refractivity contribution >= 4 is 32.6 Å². The molecule has 6 heteroatoms. The van der Waals surface area contributed by atoms with Crippen LogP contribution >= 0.6 is 11.3 Å². The van der Waals surface area contributed by atoms with Crippen LogP contribution in [0.3, 0.4) is 0 Å². The van der Waals surface area contributed by atoms with Gasteiger partial charge in [0, 0.05) is 0 Å². The number of benzene rings is 2. The van der Waals surface area contributed by atoms with Crippen molar-refractivity contribution in [2.45, 2.75) is 13.3 Å². The van der Waals surface area contributed by atoms with Crippen molar-refractivity contribution in [3.8, 4) is 11.5 Å². The Bertz CT molecular complexity index is 843. The highest BCUT2D eigenvalue weighted by Gasteiger charge is 2.11. The number of fused-ring (bicyclic) bond motifs is 1. The number of nitrogens with one attached hydrogen (secondary N) is 1. The van der Waals surface area contributed by atoms with E-state index in [1.54, 1.807) is 7.11 Å². The maximum atomic E-state index is 12.2. The predicted octanol–water partition coefficient (Wildman–Crippen LogP) is 3.88. The number of aromatic nitrogens is 1. The number of hydrogen-bond acceptors (Lipinski definition) is 5. The fourth-order valence-corrected chi connectivity index (χ4v) is 3.24. The molecule has 1 heterocycles. The average Bonchev–Trinajstić information content (AvgIpc) is 2.99. The summed E-state index contributed by atoms with van der Waals surface area (Å²) in [7, 11) is 1.62. The van der Waals surface area contributed by atoms with E-state index in [9.17, 15) is 4.79 Å². The van der Waals surface area contributed by atoms with Crippen molar-refractivity contribution in [2.75, 3.05) is 19.0 Å². The van der Waals surface area contributed by atoms with Gasteiger partial charge in [-0.2, -0.15) is 0 Å². The number of anilines is 1. The van der Waals surface area contributed by atoms with Crippen molar-refractivity contribution in [2.24, 2.45) is 0 Å². The molecule has 5 nitrogen and oxygen atoms in total. The molecule has 0 saturated carbocycles. The number of amides is 1. The van der Waals surface area contributed by atoms with Gasteiger partial charge in [0.15, 0.2) is 5.13 Å². The average molecular weight is 342 g/mol. The van der Waals surface area contributed by atoms with Crippen molar-refractivity contribution in [3.63, 3.8) is 0 Å². The molecule has 2 aromatic carbocycles. The molecular weight excluding hydrogens is 324 g/mol. The number of hydrogen-bond donors (Lipinski definition) is 1. The molecule has 0 aliphatic rings. The highest BCUT2D eigenvalue weighted by Crippen LogP contribution is 2.32. The van der Waals surface area contributed by atoms with Gasteiger partial charge in [-0.25, -0.2) is 4.98 Å². The van der Waals surface area contributed by atoms with Gasteiger partial charge >= 0.3 is 0 Å². The van der Waals surface area contributed by atoms with Crippen LogP contribution in [0.25, 0.3) is 10.2 Å². The summed E-state index contributed by atoms with van der Waals surface area (Å²) in [4.78, 5) is 16.7. The van der Waals surface area contributed by atoms with Crippen LogP contribution in [0.15, 0.2) is 42.5 Å². The van der Waals surface area contributed by atoms with E-state index in [-0.39, 0.29) is 12.3 Å². The maximum absolute atomic E-state index is 12.2. The monoisotopic (exact) mass is 342 g/mol. The van der Waals surface area contributed by atoms with Gasteiger partial charge in [0.1, 0.15) is 17.0 Å². The standard InChI is InChI=1S/C18H18N2O3S/c1-3-23-14-5-4-6-15-17(14)20-18(24-15)19-16(21)11-12-7-9-13(22-2)10-8-12/h4-10H,3,11H2,1-2H3,(H,19,20,21). The lowest BCUT2D eigenvalue weighted by Gasteiger charge is -2.04. The summed E-state index contributed by atoms with van der Waals surface area (Å²) in [6.07, 6.45) is 0.290. The fourth-order valence-electron chi connectivity index (χ4n) is 2.34. The summed E-state index contributed by atoms with van der Waals surface area (Å²) >= 11 is 1.44. The van der Waals surface area contributed by atoms with Crippen molar-refractivity contribution in [1.29, 1.82) is 0 Å². The first-order chi connectivity index (χ1) is 11.7. The Balaban J connectivity index is 1.71. The third kappa shape index (κ3) is 3.65. The van der Waals surface area contributed by atoms with E-state index in [1.165, 1.54) is 11.3 Å². The number of methoxy groups -OCH3 is 1. The van der Waals surface area contributed by atoms with Crippen LogP contribution in [0.5, 0.6) is 11.5 Å². The van der Waals surface area contributed by atoms with E-state index >= 15 is 0 Å². The summed E-state index contributed by atoms with van der Waals surface area (Å²) in [5, 5.41) is 3.44. The minimum atomic E-state index is -0.0998. The van der Waals surface area contributed by atoms with Crippen LogP contribution in [-0.4, -0.2) is 24.6 Å². The van der Waals surface area contributed by atoms with Gasteiger partial charge in [-0.1, -0.05) is 29.5 Å². The fraction of sp³-hybridized carbons (Fsp3) is 0.222. The number of para-hydroxylation sites is 1. The van der Waals surface area contributed by atoms with E-state index in [2.05, 4.69) is 10.3 Å². The highest BCUT2D eigenvalue weighted by atomic mass is 32.1. The first-order valence-electron chi connectivity index (χ1n) is 7.64. The largest absolute Gasteiger partial charge is 0.497 e. The van der Waals surface area contributed by atoms with Crippen molar-refractivity contribution < 1.29 is 14.3 Å². The minimum Gasteiger partial charge on any atom is -0.497 e. The summed E-state index contributed by atoms with van der Waals surface area (Å²) in [5.41, 5.74) is 1.70. The summed E-state index contributed by atoms with van der Waals surface area (Å²) < 4.78 is 11.7. The van der Waals surface area contributed by atoms with Crippen LogP contribution in [0.2, 0.25) is 0 Å². The molecule has 1 N–H and O–H groups in total. The summed E-state index contributed by atoms with van der Waals surface area (Å²) in [5.74, 6) is 1.41. The van der Waals surface area contributed by atoms with E-state index in [0.717, 1.165) is 27.3 Å². The molecule has 1 aromatic heterocycles. The van der Waals surface area contributed by atoms with Crippen LogP contribution in [0, 0.1) is 0 Å². The predicted molar refractivity (Wildman–Crippen MR) is 96.1 cm³/mol. The lowest BCUT2D eigenvalue weighted by Crippen LogP contribution is -2.14. The normalized spacial score (nSPS) is 10.6. The molecule has 3 rings (SSSR count). The lowest BCUT2D eigenvalue weighted by molar-refractivity contribution is -0.115. The van der Waals surface area contributed by atoms with E-state index in [1.807, 2.05) is 49.4 Å². The molecule has 0 bridgehead atoms. The second-order valence-electron chi connectivity index (χ2n) is 5.13. The molecule has 0 aliphatic heterocycles. The molecule has 24 heavy (non-hydrogen) atoms. The molecule has 124 valence electrons. The SMILES string of the molecule is CCOc1cccc2sc(NC(=O)Cc3ccc(OC)cc3)nc12. The molecule has 0 atom stereocenters. The summed E-state index contributed by atoms with van der Waals surface area (Å²) in [6.45, 7) is 2.51.